The second-order valence-electron chi connectivity index (χ2n) is 9.61. The van der Waals surface area contributed by atoms with Crippen LogP contribution in [0.2, 0.25) is 60.4 Å². The first-order valence-corrected chi connectivity index (χ1v) is 23.5. The fourth-order valence-electron chi connectivity index (χ4n) is 4.91. The normalized spacial score (nSPS) is 13.5. The predicted octanol–water partition coefficient (Wildman–Crippen LogP) is 9.74. The van der Waals surface area contributed by atoms with Gasteiger partial charge in [-0.15, -0.1) is 6.58 Å². The minimum absolute atomic E-state index is 1.02. The van der Waals surface area contributed by atoms with Crippen molar-refractivity contribution >= 4 is 33.8 Å². The maximum absolute atomic E-state index is 7.48. The topological polar surface area (TPSA) is 27.7 Å². The molecular weight excluding hydrogens is 461 g/mol. The summed E-state index contributed by atoms with van der Waals surface area (Å²) in [4.78, 5) is 0. The van der Waals surface area contributed by atoms with Crippen LogP contribution in [0.5, 0.6) is 0 Å². The van der Waals surface area contributed by atoms with Crippen molar-refractivity contribution in [3.8, 4) is 0 Å². The van der Waals surface area contributed by atoms with E-state index in [9.17, 15) is 0 Å². The van der Waals surface area contributed by atoms with Crippen molar-refractivity contribution in [3.05, 3.63) is 12.7 Å². The predicted molar refractivity (Wildman–Crippen MR) is 154 cm³/mol. The van der Waals surface area contributed by atoms with Crippen LogP contribution in [-0.4, -0.2) is 33.8 Å². The number of hydrogen-bond acceptors (Lipinski definition) is 3. The minimum atomic E-state index is -2.79. The fraction of sp³-hybridized carbons (Fsp3) is 0.920. The monoisotopic (exact) mass is 518 g/mol. The lowest BCUT2D eigenvalue weighted by atomic mass is 10.2. The number of hydrogen-bond donors (Lipinski definition) is 0. The third kappa shape index (κ3) is 9.27. The van der Waals surface area contributed by atoms with Crippen molar-refractivity contribution in [1.29, 1.82) is 0 Å². The number of allylic oxidation sites excluding steroid dienone is 1. The van der Waals surface area contributed by atoms with Crippen LogP contribution < -0.4 is 0 Å². The van der Waals surface area contributed by atoms with E-state index in [0.717, 1.165) is 73.3 Å². The average Bonchev–Trinajstić information content (AvgIpc) is 2.84. The zero-order chi connectivity index (χ0) is 24.7. The van der Waals surface area contributed by atoms with Crippen LogP contribution in [0.4, 0.5) is 0 Å². The van der Waals surface area contributed by atoms with E-state index >= 15 is 0 Å². The summed E-state index contributed by atoms with van der Waals surface area (Å²) in [6.45, 7) is 25.0. The molecule has 192 valence electrons. The Morgan fingerprint density at radius 3 is 1.06 bits per heavy atom. The average molecular weight is 519 g/mol. The van der Waals surface area contributed by atoms with Gasteiger partial charge in [0.2, 0.25) is 0 Å². The second-order valence-corrected chi connectivity index (χ2v) is 27.4. The summed E-state index contributed by atoms with van der Waals surface area (Å²) in [5.41, 5.74) is 0. The van der Waals surface area contributed by atoms with Crippen LogP contribution in [0.25, 0.3) is 0 Å². The largest absolute Gasteiger partial charge is 0.469 e. The van der Waals surface area contributed by atoms with Crippen molar-refractivity contribution in [2.24, 2.45) is 0 Å². The zero-order valence-electron chi connectivity index (χ0n) is 23.4. The van der Waals surface area contributed by atoms with Gasteiger partial charge >= 0.3 is 8.80 Å². The molecule has 0 aliphatic carbocycles. The Morgan fingerprint density at radius 1 is 0.500 bits per heavy atom. The van der Waals surface area contributed by atoms with Gasteiger partial charge in [0.05, 0.1) is 0 Å². The van der Waals surface area contributed by atoms with E-state index in [0.29, 0.717) is 0 Å². The second kappa shape index (κ2) is 16.2. The fourth-order valence-corrected chi connectivity index (χ4v) is 26.1. The van der Waals surface area contributed by atoms with E-state index in [1.54, 1.807) is 0 Å². The summed E-state index contributed by atoms with van der Waals surface area (Å²) in [5, 5.41) is 0. The molecule has 0 N–H and O–H groups in total. The molecule has 0 bridgehead atoms. The van der Waals surface area contributed by atoms with Gasteiger partial charge in [-0.2, -0.15) is 0 Å². The molecule has 0 saturated carbocycles. The highest BCUT2D eigenvalue weighted by Crippen LogP contribution is 2.39. The van der Waals surface area contributed by atoms with Gasteiger partial charge in [0.1, 0.15) is 0 Å². The Morgan fingerprint density at radius 2 is 0.812 bits per heavy atom. The van der Waals surface area contributed by atoms with Gasteiger partial charge in [0, 0.05) is 6.04 Å². The summed E-state index contributed by atoms with van der Waals surface area (Å²) in [6, 6.07) is 11.5. The van der Waals surface area contributed by atoms with Crippen LogP contribution >= 0.6 is 0 Å². The van der Waals surface area contributed by atoms with Crippen molar-refractivity contribution in [2.45, 2.75) is 148 Å². The molecule has 32 heavy (non-hydrogen) atoms. The Labute approximate surface area is 206 Å². The Hall–Kier alpha value is 0.488. The van der Waals surface area contributed by atoms with Gasteiger partial charge in [0.15, 0.2) is 25.0 Å². The molecule has 3 nitrogen and oxygen atoms in total. The van der Waals surface area contributed by atoms with Crippen LogP contribution in [0.3, 0.4) is 0 Å². The van der Waals surface area contributed by atoms with Crippen LogP contribution in [0.15, 0.2) is 12.7 Å². The Kier molecular flexibility index (Phi) is 16.5. The molecule has 0 radical (unpaired) electrons. The summed E-state index contributed by atoms with van der Waals surface area (Å²) >= 11 is 0. The molecule has 7 heteroatoms. The quantitative estimate of drug-likeness (QED) is 0.0859. The molecule has 0 amide bonds. The van der Waals surface area contributed by atoms with Gasteiger partial charge in [-0.1, -0.05) is 74.8 Å². The lowest BCUT2D eigenvalue weighted by Gasteiger charge is -2.48. The molecule has 0 saturated heterocycles. The highest BCUT2D eigenvalue weighted by atomic mass is 28.5. The molecule has 0 fully saturated rings. The van der Waals surface area contributed by atoms with Gasteiger partial charge in [0.25, 0.3) is 0 Å². The first-order valence-electron chi connectivity index (χ1n) is 13.9. The van der Waals surface area contributed by atoms with E-state index in [-0.39, 0.29) is 0 Å². The third-order valence-corrected chi connectivity index (χ3v) is 29.8. The summed E-state index contributed by atoms with van der Waals surface area (Å²) in [7, 11) is -8.38. The minimum Gasteiger partial charge on any atom is -0.416 e. The van der Waals surface area contributed by atoms with E-state index < -0.39 is 33.8 Å². The highest BCUT2D eigenvalue weighted by molar-refractivity contribution is 6.92. The maximum atomic E-state index is 7.48. The van der Waals surface area contributed by atoms with Crippen LogP contribution in [0, 0.1) is 0 Å². The maximum Gasteiger partial charge on any atom is 0.469 e. The highest BCUT2D eigenvalue weighted by Gasteiger charge is 2.54. The lowest BCUT2D eigenvalue weighted by molar-refractivity contribution is 0.237. The smallest absolute Gasteiger partial charge is 0.416 e. The zero-order valence-corrected chi connectivity index (χ0v) is 27.4. The van der Waals surface area contributed by atoms with E-state index in [4.69, 9.17) is 12.3 Å². The number of unbranched alkanes of at least 4 members (excludes halogenated alkanes) is 3. The van der Waals surface area contributed by atoms with Gasteiger partial charge in [-0.3, -0.25) is 0 Å². The van der Waals surface area contributed by atoms with E-state index in [1.165, 1.54) is 12.8 Å². The van der Waals surface area contributed by atoms with E-state index in [1.807, 2.05) is 6.08 Å². The molecular formula is C25H58O3Si4. The van der Waals surface area contributed by atoms with Crippen molar-refractivity contribution in [2.75, 3.05) is 0 Å². The van der Waals surface area contributed by atoms with Crippen molar-refractivity contribution in [3.63, 3.8) is 0 Å². The Bertz CT molecular complexity index is 410. The van der Waals surface area contributed by atoms with E-state index in [2.05, 4.69) is 68.9 Å². The third-order valence-electron chi connectivity index (χ3n) is 8.31. The first kappa shape index (κ1) is 32.5. The van der Waals surface area contributed by atoms with Gasteiger partial charge in [-0.25, -0.2) is 0 Å². The summed E-state index contributed by atoms with van der Waals surface area (Å²) in [6.07, 6.45) is 6.73. The van der Waals surface area contributed by atoms with Gasteiger partial charge < -0.3 is 12.3 Å². The number of rotatable bonds is 21. The van der Waals surface area contributed by atoms with Crippen molar-refractivity contribution < 1.29 is 12.3 Å². The molecule has 0 aliphatic heterocycles. The first-order chi connectivity index (χ1) is 15.2. The summed E-state index contributed by atoms with van der Waals surface area (Å²) in [5.74, 6) is 0. The van der Waals surface area contributed by atoms with Crippen LogP contribution in [-0.2, 0) is 12.3 Å². The SMILES string of the molecule is C=CCCCCC[Si](O[Si](CC)(CC)CC)(O[Si](CC)(CC)CC)O[Si](CC)(CC)CC. The molecule has 0 spiro atoms. The van der Waals surface area contributed by atoms with Crippen LogP contribution in [0.1, 0.15) is 88.0 Å². The molecule has 0 rings (SSSR count). The molecule has 0 aliphatic rings. The molecule has 0 heterocycles. The molecule has 0 aromatic heterocycles. The van der Waals surface area contributed by atoms with Gasteiger partial charge in [-0.05, 0) is 73.7 Å². The standard InChI is InChI=1S/C25H58O3Si4/c1-11-21-22-23-24-25-32(26-29(12-2,13-3)14-4,27-30(15-5,16-6)17-7)28-31(18-8,19-9)20-10/h11H,1,12-25H2,2-10H3. The molecule has 0 unspecified atom stereocenters. The molecule has 0 aromatic rings. The molecule has 0 atom stereocenters. The Balaban J connectivity index is 6.45. The lowest BCUT2D eigenvalue weighted by Crippen LogP contribution is -2.64. The molecule has 0 aromatic carbocycles. The summed E-state index contributed by atoms with van der Waals surface area (Å²) < 4.78 is 22.5. The van der Waals surface area contributed by atoms with Crippen molar-refractivity contribution in [1.82, 2.24) is 0 Å².